The second-order valence-electron chi connectivity index (χ2n) is 5.29. The van der Waals surface area contributed by atoms with Crippen molar-refractivity contribution in [2.24, 2.45) is 0 Å². The number of nitrogens with one attached hydrogen (secondary N) is 1. The molecule has 2 aliphatic rings. The molecule has 2 aromatic rings. The molecule has 0 bridgehead atoms. The Morgan fingerprint density at radius 1 is 1.32 bits per heavy atom. The van der Waals surface area contributed by atoms with Crippen molar-refractivity contribution in [3.63, 3.8) is 0 Å². The lowest BCUT2D eigenvalue weighted by atomic mass is 10.0. The second kappa shape index (κ2) is 4.59. The van der Waals surface area contributed by atoms with Crippen LogP contribution in [-0.2, 0) is 17.8 Å². The van der Waals surface area contributed by atoms with Crippen molar-refractivity contribution in [1.29, 1.82) is 0 Å². The van der Waals surface area contributed by atoms with Crippen molar-refractivity contribution in [2.75, 3.05) is 11.9 Å². The van der Waals surface area contributed by atoms with Gasteiger partial charge in [0.05, 0.1) is 30.1 Å². The van der Waals surface area contributed by atoms with Gasteiger partial charge in [0.1, 0.15) is 0 Å². The summed E-state index contributed by atoms with van der Waals surface area (Å²) < 4.78 is 6.89. The number of pyridine rings is 1. The summed E-state index contributed by atoms with van der Waals surface area (Å²) in [6, 6.07) is 7.13. The molecule has 19 heavy (non-hydrogen) atoms. The molecule has 0 amide bonds. The van der Waals surface area contributed by atoms with E-state index in [1.165, 1.54) is 38.7 Å². The fraction of sp³-hybridized carbons (Fsp3) is 0.400. The predicted molar refractivity (Wildman–Crippen MR) is 84.5 cm³/mol. The molecular formula is C15H15IN2O. The van der Waals surface area contributed by atoms with Crippen LogP contribution < -0.4 is 5.32 Å². The van der Waals surface area contributed by atoms with Crippen molar-refractivity contribution in [1.82, 2.24) is 4.98 Å². The third-order valence-electron chi connectivity index (χ3n) is 3.79. The summed E-state index contributed by atoms with van der Waals surface area (Å²) in [5, 5.41) is 4.93. The summed E-state index contributed by atoms with van der Waals surface area (Å²) in [4.78, 5) is 4.82. The van der Waals surface area contributed by atoms with Gasteiger partial charge in [0.15, 0.2) is 0 Å². The summed E-state index contributed by atoms with van der Waals surface area (Å²) in [5.41, 5.74) is 4.85. The number of aromatic nitrogens is 1. The van der Waals surface area contributed by atoms with Crippen LogP contribution in [-0.4, -0.2) is 17.6 Å². The molecule has 2 heterocycles. The van der Waals surface area contributed by atoms with E-state index in [1.54, 1.807) is 0 Å². The first-order valence-corrected chi connectivity index (χ1v) is 7.84. The van der Waals surface area contributed by atoms with Crippen LogP contribution in [0.4, 0.5) is 5.69 Å². The van der Waals surface area contributed by atoms with Crippen molar-refractivity contribution in [3.8, 4) is 0 Å². The molecule has 4 rings (SSSR count). The molecule has 3 nitrogen and oxygen atoms in total. The van der Waals surface area contributed by atoms with E-state index in [4.69, 9.17) is 9.72 Å². The summed E-state index contributed by atoms with van der Waals surface area (Å²) >= 11 is 2.36. The number of nitrogens with zero attached hydrogens (tertiary/aromatic N) is 1. The molecule has 0 radical (unpaired) electrons. The van der Waals surface area contributed by atoms with Crippen molar-refractivity contribution in [3.05, 3.63) is 33.0 Å². The number of benzene rings is 1. The molecule has 0 saturated heterocycles. The number of hydrogen-bond acceptors (Lipinski definition) is 3. The van der Waals surface area contributed by atoms with Gasteiger partial charge in [-0.2, -0.15) is 0 Å². The van der Waals surface area contributed by atoms with E-state index >= 15 is 0 Å². The van der Waals surface area contributed by atoms with Crippen LogP contribution in [0.2, 0.25) is 0 Å². The topological polar surface area (TPSA) is 34.2 Å². The Morgan fingerprint density at radius 2 is 2.21 bits per heavy atom. The van der Waals surface area contributed by atoms with Crippen LogP contribution in [0.25, 0.3) is 10.9 Å². The molecule has 1 aliphatic heterocycles. The molecular weight excluding hydrogens is 351 g/mol. The molecule has 0 atom stereocenters. The quantitative estimate of drug-likeness (QED) is 0.827. The van der Waals surface area contributed by atoms with Crippen LogP contribution in [0.1, 0.15) is 24.1 Å². The minimum atomic E-state index is 0.648. The third-order valence-corrected chi connectivity index (χ3v) is 4.46. The highest BCUT2D eigenvalue weighted by molar-refractivity contribution is 14.1. The molecule has 1 fully saturated rings. The van der Waals surface area contributed by atoms with Gasteiger partial charge >= 0.3 is 0 Å². The van der Waals surface area contributed by atoms with Gasteiger partial charge in [-0.15, -0.1) is 0 Å². The van der Waals surface area contributed by atoms with Crippen molar-refractivity contribution < 1.29 is 4.74 Å². The van der Waals surface area contributed by atoms with Crippen LogP contribution >= 0.6 is 22.6 Å². The van der Waals surface area contributed by atoms with Gasteiger partial charge in [-0.1, -0.05) is 0 Å². The Kier molecular flexibility index (Phi) is 2.88. The molecule has 1 aromatic carbocycles. The lowest BCUT2D eigenvalue weighted by Crippen LogP contribution is -2.16. The lowest BCUT2D eigenvalue weighted by Gasteiger charge is -2.22. The predicted octanol–water partition coefficient (Wildman–Crippen LogP) is 3.49. The Morgan fingerprint density at radius 3 is 3.05 bits per heavy atom. The fourth-order valence-electron chi connectivity index (χ4n) is 2.63. The average Bonchev–Trinajstić information content (AvgIpc) is 3.23. The number of halogens is 1. The summed E-state index contributed by atoms with van der Waals surface area (Å²) in [5.74, 6) is 0. The minimum absolute atomic E-state index is 0.648. The van der Waals surface area contributed by atoms with Gasteiger partial charge in [0.2, 0.25) is 0 Å². The zero-order valence-electron chi connectivity index (χ0n) is 10.6. The first-order valence-electron chi connectivity index (χ1n) is 6.76. The van der Waals surface area contributed by atoms with Crippen LogP contribution in [0.5, 0.6) is 0 Å². The zero-order chi connectivity index (χ0) is 12.8. The van der Waals surface area contributed by atoms with E-state index < -0.39 is 0 Å². The number of ether oxygens (including phenoxy) is 1. The van der Waals surface area contributed by atoms with Gasteiger partial charge in [0, 0.05) is 27.0 Å². The minimum Gasteiger partial charge on any atom is -0.381 e. The monoisotopic (exact) mass is 366 g/mol. The Hall–Kier alpha value is -0.880. The molecule has 1 aliphatic carbocycles. The van der Waals surface area contributed by atoms with E-state index in [1.807, 2.05) is 0 Å². The largest absolute Gasteiger partial charge is 0.381 e. The van der Waals surface area contributed by atoms with E-state index in [0.717, 1.165) is 18.5 Å². The first-order chi connectivity index (χ1) is 9.31. The highest BCUT2D eigenvalue weighted by Gasteiger charge is 2.25. The molecule has 1 aromatic heterocycles. The highest BCUT2D eigenvalue weighted by atomic mass is 127. The van der Waals surface area contributed by atoms with Crippen molar-refractivity contribution >= 4 is 39.2 Å². The average molecular weight is 366 g/mol. The lowest BCUT2D eigenvalue weighted by molar-refractivity contribution is 0.110. The fourth-order valence-corrected chi connectivity index (χ4v) is 3.12. The second-order valence-corrected chi connectivity index (χ2v) is 6.54. The van der Waals surface area contributed by atoms with E-state index in [-0.39, 0.29) is 0 Å². The standard InChI is InChI=1S/C15H15IN2O/c16-9-1-4-13-11(7-9)15(17-10-2-3-10)12-8-19-6-5-14(12)18-13/h1,4,7,10H,2-3,5-6,8H2,(H,17,18). The van der Waals surface area contributed by atoms with Crippen LogP contribution in [0, 0.1) is 3.57 Å². The van der Waals surface area contributed by atoms with Gasteiger partial charge < -0.3 is 10.1 Å². The molecule has 1 N–H and O–H groups in total. The summed E-state index contributed by atoms with van der Waals surface area (Å²) in [6.45, 7) is 1.48. The van der Waals surface area contributed by atoms with E-state index in [0.29, 0.717) is 12.6 Å². The van der Waals surface area contributed by atoms with Crippen molar-refractivity contribution in [2.45, 2.75) is 31.9 Å². The van der Waals surface area contributed by atoms with Gasteiger partial charge in [-0.05, 0) is 53.6 Å². The van der Waals surface area contributed by atoms with E-state index in [9.17, 15) is 0 Å². The third kappa shape index (κ3) is 2.21. The number of hydrogen-bond donors (Lipinski definition) is 1. The molecule has 0 spiro atoms. The van der Waals surface area contributed by atoms with E-state index in [2.05, 4.69) is 46.1 Å². The van der Waals surface area contributed by atoms with Gasteiger partial charge in [-0.3, -0.25) is 4.98 Å². The molecule has 4 heteroatoms. The Balaban J connectivity index is 1.96. The maximum atomic E-state index is 5.64. The normalized spacial score (nSPS) is 18.4. The summed E-state index contributed by atoms with van der Waals surface area (Å²) in [6.07, 6.45) is 3.49. The maximum Gasteiger partial charge on any atom is 0.0755 e. The maximum absolute atomic E-state index is 5.64. The number of rotatable bonds is 2. The van der Waals surface area contributed by atoms with Crippen LogP contribution in [0.3, 0.4) is 0 Å². The molecule has 98 valence electrons. The first kappa shape index (κ1) is 11.9. The van der Waals surface area contributed by atoms with Crippen LogP contribution in [0.15, 0.2) is 18.2 Å². The van der Waals surface area contributed by atoms with Gasteiger partial charge in [0.25, 0.3) is 0 Å². The number of fused-ring (bicyclic) bond motifs is 2. The highest BCUT2D eigenvalue weighted by Crippen LogP contribution is 2.35. The Bertz CT molecular complexity index is 652. The molecule has 0 unspecified atom stereocenters. The SMILES string of the molecule is Ic1ccc2nc3c(c(NC4CC4)c2c1)COCC3. The number of anilines is 1. The zero-order valence-corrected chi connectivity index (χ0v) is 12.7. The summed E-state index contributed by atoms with van der Waals surface area (Å²) in [7, 11) is 0. The van der Waals surface area contributed by atoms with Gasteiger partial charge in [-0.25, -0.2) is 0 Å². The smallest absolute Gasteiger partial charge is 0.0755 e. The molecule has 1 saturated carbocycles. The Labute approximate surface area is 125 Å².